The summed E-state index contributed by atoms with van der Waals surface area (Å²) in [5, 5.41) is 2.87. The normalized spacial score (nSPS) is 11.8. The summed E-state index contributed by atoms with van der Waals surface area (Å²) in [7, 11) is 0. The Labute approximate surface area is 103 Å². The fourth-order valence-electron chi connectivity index (χ4n) is 1.60. The fourth-order valence-corrected chi connectivity index (χ4v) is 1.60. The average Bonchev–Trinajstić information content (AvgIpc) is 2.25. The maximum atomic E-state index is 11.6. The first-order valence-electron chi connectivity index (χ1n) is 5.72. The molecule has 0 heterocycles. The van der Waals surface area contributed by atoms with Crippen molar-refractivity contribution in [1.82, 2.24) is 0 Å². The van der Waals surface area contributed by atoms with Gasteiger partial charge in [0.25, 0.3) is 0 Å². The van der Waals surface area contributed by atoms with E-state index in [1.54, 1.807) is 6.08 Å². The molecule has 1 aromatic carbocycles. The minimum atomic E-state index is -0.146. The summed E-state index contributed by atoms with van der Waals surface area (Å²) in [5.74, 6) is -0.146. The van der Waals surface area contributed by atoms with E-state index in [9.17, 15) is 4.79 Å². The van der Waals surface area contributed by atoms with Gasteiger partial charge in [0.05, 0.1) is 0 Å². The van der Waals surface area contributed by atoms with Crippen LogP contribution in [0.1, 0.15) is 26.3 Å². The number of carbonyl (C=O) groups excluding carboxylic acids is 1. The second-order valence-electron chi connectivity index (χ2n) is 4.92. The van der Waals surface area contributed by atoms with Crippen LogP contribution in [0.4, 0.5) is 5.69 Å². The van der Waals surface area contributed by atoms with Gasteiger partial charge in [0, 0.05) is 18.3 Å². The first-order chi connectivity index (χ1) is 7.95. The molecule has 0 saturated carbocycles. The average molecular weight is 232 g/mol. The zero-order chi connectivity index (χ0) is 12.9. The van der Waals surface area contributed by atoms with Gasteiger partial charge in [-0.2, -0.15) is 0 Å². The van der Waals surface area contributed by atoms with Crippen molar-refractivity contribution in [2.24, 2.45) is 5.73 Å². The summed E-state index contributed by atoms with van der Waals surface area (Å²) >= 11 is 0. The van der Waals surface area contributed by atoms with Crippen LogP contribution in [-0.4, -0.2) is 12.5 Å². The van der Waals surface area contributed by atoms with Crippen molar-refractivity contribution in [2.75, 3.05) is 11.9 Å². The molecule has 0 aliphatic carbocycles. The molecule has 0 aromatic heterocycles. The third-order valence-corrected chi connectivity index (χ3v) is 2.40. The zero-order valence-electron chi connectivity index (χ0n) is 10.7. The maximum Gasteiger partial charge on any atom is 0.248 e. The molecule has 0 aliphatic heterocycles. The van der Waals surface area contributed by atoms with Crippen molar-refractivity contribution in [2.45, 2.75) is 26.2 Å². The highest BCUT2D eigenvalue weighted by molar-refractivity contribution is 5.99. The molecule has 0 fully saturated rings. The molecule has 0 atom stereocenters. The molecule has 0 aliphatic rings. The predicted molar refractivity (Wildman–Crippen MR) is 72.0 cm³/mol. The van der Waals surface area contributed by atoms with Crippen LogP contribution in [0.5, 0.6) is 0 Å². The van der Waals surface area contributed by atoms with Gasteiger partial charge in [-0.05, 0) is 17.0 Å². The van der Waals surface area contributed by atoms with E-state index in [1.165, 1.54) is 6.08 Å². The largest absolute Gasteiger partial charge is 0.327 e. The molecule has 0 saturated heterocycles. The van der Waals surface area contributed by atoms with Crippen molar-refractivity contribution in [3.63, 3.8) is 0 Å². The number of hydrogen-bond donors (Lipinski definition) is 2. The number of carbonyl (C=O) groups is 1. The lowest BCUT2D eigenvalue weighted by Gasteiger charge is -2.22. The molecule has 0 unspecified atom stereocenters. The predicted octanol–water partition coefficient (Wildman–Crippen LogP) is 2.44. The van der Waals surface area contributed by atoms with Gasteiger partial charge in [0.2, 0.25) is 5.91 Å². The maximum absolute atomic E-state index is 11.6. The van der Waals surface area contributed by atoms with Gasteiger partial charge in [-0.15, -0.1) is 0 Å². The van der Waals surface area contributed by atoms with Gasteiger partial charge in [-0.1, -0.05) is 45.0 Å². The minimum Gasteiger partial charge on any atom is -0.327 e. The molecule has 92 valence electrons. The van der Waals surface area contributed by atoms with E-state index < -0.39 is 0 Å². The van der Waals surface area contributed by atoms with E-state index in [0.29, 0.717) is 6.54 Å². The molecular weight excluding hydrogens is 212 g/mol. The third kappa shape index (κ3) is 4.04. The Morgan fingerprint density at radius 2 is 2.00 bits per heavy atom. The standard InChI is InChI=1S/C14H20N2O/c1-14(2,3)11-7-4-5-8-12(11)16-13(17)9-6-10-15/h4-9H,10,15H2,1-3H3,(H,16,17)/b9-6+. The Morgan fingerprint density at radius 1 is 1.35 bits per heavy atom. The van der Waals surface area contributed by atoms with Crippen LogP contribution in [0.2, 0.25) is 0 Å². The Balaban J connectivity index is 2.92. The lowest BCUT2D eigenvalue weighted by atomic mass is 9.86. The van der Waals surface area contributed by atoms with Gasteiger partial charge < -0.3 is 11.1 Å². The third-order valence-electron chi connectivity index (χ3n) is 2.40. The Kier molecular flexibility index (Phi) is 4.46. The van der Waals surface area contributed by atoms with Gasteiger partial charge in [-0.3, -0.25) is 4.79 Å². The monoisotopic (exact) mass is 232 g/mol. The van der Waals surface area contributed by atoms with Gasteiger partial charge in [0.15, 0.2) is 0 Å². The summed E-state index contributed by atoms with van der Waals surface area (Å²) < 4.78 is 0. The first-order valence-corrected chi connectivity index (χ1v) is 5.72. The van der Waals surface area contributed by atoms with E-state index in [4.69, 9.17) is 5.73 Å². The molecular formula is C14H20N2O. The van der Waals surface area contributed by atoms with E-state index in [1.807, 2.05) is 24.3 Å². The molecule has 0 bridgehead atoms. The van der Waals surface area contributed by atoms with Crippen LogP contribution in [0.3, 0.4) is 0 Å². The number of rotatable bonds is 3. The molecule has 1 amide bonds. The Hall–Kier alpha value is -1.61. The number of para-hydroxylation sites is 1. The molecule has 0 radical (unpaired) electrons. The lowest BCUT2D eigenvalue weighted by molar-refractivity contribution is -0.111. The molecule has 0 spiro atoms. The summed E-state index contributed by atoms with van der Waals surface area (Å²) in [4.78, 5) is 11.6. The number of hydrogen-bond acceptors (Lipinski definition) is 2. The van der Waals surface area contributed by atoms with Gasteiger partial charge >= 0.3 is 0 Å². The smallest absolute Gasteiger partial charge is 0.248 e. The van der Waals surface area contributed by atoms with Crippen molar-refractivity contribution in [3.8, 4) is 0 Å². The molecule has 3 nitrogen and oxygen atoms in total. The highest BCUT2D eigenvalue weighted by Gasteiger charge is 2.17. The van der Waals surface area contributed by atoms with Crippen LogP contribution in [0.15, 0.2) is 36.4 Å². The van der Waals surface area contributed by atoms with Crippen LogP contribution in [-0.2, 0) is 10.2 Å². The van der Waals surface area contributed by atoms with E-state index >= 15 is 0 Å². The first kappa shape index (κ1) is 13.5. The zero-order valence-corrected chi connectivity index (χ0v) is 10.7. The van der Waals surface area contributed by atoms with Crippen LogP contribution >= 0.6 is 0 Å². The number of anilines is 1. The molecule has 17 heavy (non-hydrogen) atoms. The highest BCUT2D eigenvalue weighted by atomic mass is 16.1. The summed E-state index contributed by atoms with van der Waals surface area (Å²) in [5.41, 5.74) is 7.28. The molecule has 1 rings (SSSR count). The molecule has 3 N–H and O–H groups in total. The second-order valence-corrected chi connectivity index (χ2v) is 4.92. The minimum absolute atomic E-state index is 0.00144. The van der Waals surface area contributed by atoms with E-state index in [0.717, 1.165) is 11.3 Å². The van der Waals surface area contributed by atoms with E-state index in [-0.39, 0.29) is 11.3 Å². The van der Waals surface area contributed by atoms with Crippen LogP contribution in [0.25, 0.3) is 0 Å². The van der Waals surface area contributed by atoms with Crippen molar-refractivity contribution >= 4 is 11.6 Å². The number of amides is 1. The van der Waals surface area contributed by atoms with Gasteiger partial charge in [0.1, 0.15) is 0 Å². The number of benzene rings is 1. The molecule has 3 heteroatoms. The lowest BCUT2D eigenvalue weighted by Crippen LogP contribution is -2.17. The van der Waals surface area contributed by atoms with Gasteiger partial charge in [-0.25, -0.2) is 0 Å². The fraction of sp³-hybridized carbons (Fsp3) is 0.357. The number of nitrogens with one attached hydrogen (secondary N) is 1. The Morgan fingerprint density at radius 3 is 2.59 bits per heavy atom. The van der Waals surface area contributed by atoms with Crippen molar-refractivity contribution < 1.29 is 4.79 Å². The van der Waals surface area contributed by atoms with Crippen LogP contribution in [0, 0.1) is 0 Å². The summed E-state index contributed by atoms with van der Waals surface area (Å²) in [6.45, 7) is 6.73. The molecule has 1 aromatic rings. The quantitative estimate of drug-likeness (QED) is 0.786. The topological polar surface area (TPSA) is 55.1 Å². The highest BCUT2D eigenvalue weighted by Crippen LogP contribution is 2.29. The second kappa shape index (κ2) is 5.64. The number of nitrogens with two attached hydrogens (primary N) is 1. The summed E-state index contributed by atoms with van der Waals surface area (Å²) in [6, 6.07) is 7.83. The van der Waals surface area contributed by atoms with E-state index in [2.05, 4.69) is 26.1 Å². The van der Waals surface area contributed by atoms with Crippen molar-refractivity contribution in [3.05, 3.63) is 42.0 Å². The Bertz CT molecular complexity index is 416. The van der Waals surface area contributed by atoms with Crippen molar-refractivity contribution in [1.29, 1.82) is 0 Å². The SMILES string of the molecule is CC(C)(C)c1ccccc1NC(=O)/C=C/CN. The van der Waals surface area contributed by atoms with Crippen LogP contribution < -0.4 is 11.1 Å². The summed E-state index contributed by atoms with van der Waals surface area (Å²) in [6.07, 6.45) is 3.09.